The molecule has 1 heterocycles. The number of hydrogen-bond acceptors (Lipinski definition) is 2. The summed E-state index contributed by atoms with van der Waals surface area (Å²) in [6.45, 7) is 3.89. The third kappa shape index (κ3) is 6.50. The van der Waals surface area contributed by atoms with Gasteiger partial charge in [-0.15, -0.1) is 0 Å². The van der Waals surface area contributed by atoms with Gasteiger partial charge in [0.2, 0.25) is 5.91 Å². The summed E-state index contributed by atoms with van der Waals surface area (Å²) in [4.78, 5) is 26.6. The Morgan fingerprint density at radius 1 is 1.17 bits per heavy atom. The first-order chi connectivity index (χ1) is 14.0. The summed E-state index contributed by atoms with van der Waals surface area (Å²) in [7, 11) is 0. The lowest BCUT2D eigenvalue weighted by Gasteiger charge is -2.32. The van der Waals surface area contributed by atoms with Gasteiger partial charge in [-0.05, 0) is 61.4 Å². The Bertz CT molecular complexity index is 856. The molecule has 0 radical (unpaired) electrons. The van der Waals surface area contributed by atoms with Gasteiger partial charge >= 0.3 is 6.03 Å². The molecule has 1 atom stereocenters. The van der Waals surface area contributed by atoms with Crippen LogP contribution in [0.4, 0.5) is 10.5 Å². The molecular formula is C23H28ClN3O2. The number of carbonyl (C=O) groups is 2. The van der Waals surface area contributed by atoms with E-state index >= 15 is 0 Å². The number of piperidine rings is 1. The van der Waals surface area contributed by atoms with E-state index in [9.17, 15) is 9.59 Å². The lowest BCUT2D eigenvalue weighted by atomic mass is 9.93. The van der Waals surface area contributed by atoms with Crippen molar-refractivity contribution >= 4 is 29.2 Å². The minimum absolute atomic E-state index is 0.0197. The summed E-state index contributed by atoms with van der Waals surface area (Å²) >= 11 is 6.12. The number of nitrogens with zero attached hydrogens (tertiary/aromatic N) is 1. The van der Waals surface area contributed by atoms with E-state index in [0.717, 1.165) is 42.6 Å². The zero-order chi connectivity index (χ0) is 20.6. The van der Waals surface area contributed by atoms with Crippen LogP contribution in [-0.4, -0.2) is 29.9 Å². The number of urea groups is 1. The van der Waals surface area contributed by atoms with E-state index in [4.69, 9.17) is 11.6 Å². The van der Waals surface area contributed by atoms with E-state index in [1.54, 1.807) is 0 Å². The van der Waals surface area contributed by atoms with Gasteiger partial charge in [0, 0.05) is 36.8 Å². The van der Waals surface area contributed by atoms with Crippen molar-refractivity contribution in [3.63, 3.8) is 0 Å². The second-order valence-electron chi connectivity index (χ2n) is 7.66. The monoisotopic (exact) mass is 413 g/mol. The van der Waals surface area contributed by atoms with Gasteiger partial charge in [0.05, 0.1) is 0 Å². The minimum Gasteiger partial charge on any atom is -0.352 e. The molecule has 0 bridgehead atoms. The summed E-state index contributed by atoms with van der Waals surface area (Å²) in [5.41, 5.74) is 2.84. The molecule has 0 aromatic heterocycles. The highest BCUT2D eigenvalue weighted by atomic mass is 35.5. The Balaban J connectivity index is 1.42. The van der Waals surface area contributed by atoms with Gasteiger partial charge in [-0.25, -0.2) is 4.79 Å². The van der Waals surface area contributed by atoms with Crippen molar-refractivity contribution in [2.75, 3.05) is 18.4 Å². The molecule has 3 amide bonds. The van der Waals surface area contributed by atoms with E-state index in [1.165, 1.54) is 0 Å². The summed E-state index contributed by atoms with van der Waals surface area (Å²) in [5.74, 6) is 0.365. The lowest BCUT2D eigenvalue weighted by molar-refractivity contribution is -0.121. The molecule has 1 aliphatic rings. The fraction of sp³-hybridized carbons (Fsp3) is 0.391. The van der Waals surface area contributed by atoms with Crippen molar-refractivity contribution in [3.05, 3.63) is 64.7 Å². The first kappa shape index (κ1) is 21.2. The molecule has 1 aliphatic heterocycles. The molecule has 2 aromatic carbocycles. The van der Waals surface area contributed by atoms with Crippen LogP contribution in [0.2, 0.25) is 5.02 Å². The topological polar surface area (TPSA) is 61.4 Å². The van der Waals surface area contributed by atoms with Crippen LogP contribution in [0.5, 0.6) is 0 Å². The average Bonchev–Trinajstić information content (AvgIpc) is 2.72. The number of benzene rings is 2. The number of likely N-dealkylation sites (tertiary alicyclic amines) is 1. The van der Waals surface area contributed by atoms with Crippen LogP contribution in [0.25, 0.3) is 0 Å². The second kappa shape index (κ2) is 10.3. The quantitative estimate of drug-likeness (QED) is 0.700. The Hall–Kier alpha value is -2.53. The Kier molecular flexibility index (Phi) is 7.53. The number of halogens is 1. The highest BCUT2D eigenvalue weighted by molar-refractivity contribution is 6.31. The van der Waals surface area contributed by atoms with Gasteiger partial charge in [0.25, 0.3) is 0 Å². The highest BCUT2D eigenvalue weighted by Gasteiger charge is 2.24. The Labute approximate surface area is 177 Å². The normalized spacial score (nSPS) is 16.3. The molecule has 1 unspecified atom stereocenters. The van der Waals surface area contributed by atoms with Crippen LogP contribution in [0.1, 0.15) is 36.8 Å². The lowest BCUT2D eigenvalue weighted by Crippen LogP contribution is -2.42. The van der Waals surface area contributed by atoms with E-state index < -0.39 is 0 Å². The number of hydrogen-bond donors (Lipinski definition) is 2. The van der Waals surface area contributed by atoms with Crippen molar-refractivity contribution in [1.82, 2.24) is 10.2 Å². The Morgan fingerprint density at radius 3 is 2.79 bits per heavy atom. The van der Waals surface area contributed by atoms with Crippen molar-refractivity contribution in [1.29, 1.82) is 0 Å². The molecule has 0 saturated carbocycles. The molecule has 0 spiro atoms. The van der Waals surface area contributed by atoms with Crippen LogP contribution in [0.15, 0.2) is 48.5 Å². The van der Waals surface area contributed by atoms with Crippen LogP contribution in [0.3, 0.4) is 0 Å². The average molecular weight is 414 g/mol. The fourth-order valence-corrected chi connectivity index (χ4v) is 3.87. The maximum atomic E-state index is 12.6. The van der Waals surface area contributed by atoms with Crippen LogP contribution >= 0.6 is 11.6 Å². The SMILES string of the molecule is Cc1cccc(NC(=O)N2CCCC(CCC(=O)NCc3ccccc3Cl)C2)c1. The van der Waals surface area contributed by atoms with Gasteiger partial charge < -0.3 is 15.5 Å². The smallest absolute Gasteiger partial charge is 0.321 e. The molecular weight excluding hydrogens is 386 g/mol. The molecule has 1 saturated heterocycles. The summed E-state index contributed by atoms with van der Waals surface area (Å²) < 4.78 is 0. The summed E-state index contributed by atoms with van der Waals surface area (Å²) in [6, 6.07) is 15.2. The third-order valence-electron chi connectivity index (χ3n) is 5.29. The zero-order valence-electron chi connectivity index (χ0n) is 16.8. The first-order valence-electron chi connectivity index (χ1n) is 10.1. The number of nitrogens with one attached hydrogen (secondary N) is 2. The highest BCUT2D eigenvalue weighted by Crippen LogP contribution is 2.22. The number of amides is 3. The van der Waals surface area contributed by atoms with Crippen molar-refractivity contribution < 1.29 is 9.59 Å². The first-order valence-corrected chi connectivity index (χ1v) is 10.5. The molecule has 1 fully saturated rings. The number of rotatable bonds is 6. The molecule has 3 rings (SSSR count). The van der Waals surface area contributed by atoms with Gasteiger partial charge in [0.15, 0.2) is 0 Å². The molecule has 5 nitrogen and oxygen atoms in total. The molecule has 0 aliphatic carbocycles. The third-order valence-corrected chi connectivity index (χ3v) is 5.66. The van der Waals surface area contributed by atoms with Crippen LogP contribution in [-0.2, 0) is 11.3 Å². The summed E-state index contributed by atoms with van der Waals surface area (Å²) in [6.07, 6.45) is 3.25. The van der Waals surface area contributed by atoms with E-state index in [1.807, 2.05) is 60.4 Å². The summed E-state index contributed by atoms with van der Waals surface area (Å²) in [5, 5.41) is 6.57. The van der Waals surface area contributed by atoms with E-state index in [0.29, 0.717) is 30.5 Å². The van der Waals surface area contributed by atoms with Crippen LogP contribution < -0.4 is 10.6 Å². The van der Waals surface area contributed by atoms with Gasteiger partial charge in [-0.2, -0.15) is 0 Å². The maximum Gasteiger partial charge on any atom is 0.321 e. The number of aryl methyl sites for hydroxylation is 1. The van der Waals surface area contributed by atoms with Gasteiger partial charge in [0.1, 0.15) is 0 Å². The number of anilines is 1. The van der Waals surface area contributed by atoms with Crippen molar-refractivity contribution in [3.8, 4) is 0 Å². The fourth-order valence-electron chi connectivity index (χ4n) is 3.67. The maximum absolute atomic E-state index is 12.6. The Morgan fingerprint density at radius 2 is 2.00 bits per heavy atom. The predicted molar refractivity (Wildman–Crippen MR) is 117 cm³/mol. The van der Waals surface area contributed by atoms with E-state index in [2.05, 4.69) is 10.6 Å². The second-order valence-corrected chi connectivity index (χ2v) is 8.07. The molecule has 29 heavy (non-hydrogen) atoms. The zero-order valence-corrected chi connectivity index (χ0v) is 17.5. The number of carbonyl (C=O) groups excluding carboxylic acids is 2. The molecule has 6 heteroatoms. The standard InChI is InChI=1S/C23H28ClN3O2/c1-17-6-4-9-20(14-17)26-23(29)27-13-5-7-18(16-27)11-12-22(28)25-15-19-8-2-3-10-21(19)24/h2-4,6,8-10,14,18H,5,7,11-13,15-16H2,1H3,(H,25,28)(H,26,29). The van der Waals surface area contributed by atoms with Gasteiger partial charge in [-0.3, -0.25) is 4.79 Å². The molecule has 154 valence electrons. The molecule has 2 N–H and O–H groups in total. The minimum atomic E-state index is -0.0662. The molecule has 2 aromatic rings. The predicted octanol–water partition coefficient (Wildman–Crippen LogP) is 4.99. The van der Waals surface area contributed by atoms with E-state index in [-0.39, 0.29) is 11.9 Å². The van der Waals surface area contributed by atoms with Crippen molar-refractivity contribution in [2.45, 2.75) is 39.2 Å². The van der Waals surface area contributed by atoms with Crippen LogP contribution in [0, 0.1) is 12.8 Å². The van der Waals surface area contributed by atoms with Crippen molar-refractivity contribution in [2.24, 2.45) is 5.92 Å². The van der Waals surface area contributed by atoms with Gasteiger partial charge in [-0.1, -0.05) is 41.9 Å². The largest absolute Gasteiger partial charge is 0.352 e.